The van der Waals surface area contributed by atoms with E-state index in [9.17, 15) is 0 Å². The van der Waals surface area contributed by atoms with Gasteiger partial charge >= 0.3 is 0 Å². The number of hydrogen-bond donors (Lipinski definition) is 2. The first kappa shape index (κ1) is 9.05. The number of hydrogen-bond acceptors (Lipinski definition) is 4. The minimum Gasteiger partial charge on any atom is -0.355 e. The van der Waals surface area contributed by atoms with Gasteiger partial charge in [0.05, 0.1) is 13.1 Å². The van der Waals surface area contributed by atoms with Crippen LogP contribution in [-0.4, -0.2) is 34.9 Å². The molecule has 1 atom stereocenters. The smallest absolute Gasteiger partial charge is 0.191 e. The lowest BCUT2D eigenvalue weighted by Crippen LogP contribution is -2.41. The molecule has 2 rings (SSSR count). The average Bonchev–Trinajstić information content (AvgIpc) is 2.76. The number of guanidine groups is 1. The van der Waals surface area contributed by atoms with Crippen LogP contribution in [0.25, 0.3) is 0 Å². The zero-order chi connectivity index (χ0) is 9.80. The van der Waals surface area contributed by atoms with Gasteiger partial charge in [-0.3, -0.25) is 9.67 Å². The van der Waals surface area contributed by atoms with E-state index in [2.05, 4.69) is 27.6 Å². The summed E-state index contributed by atoms with van der Waals surface area (Å²) in [6, 6.07) is 2.26. The molecular formula is C9H15N5. The van der Waals surface area contributed by atoms with Gasteiger partial charge in [-0.25, -0.2) is 0 Å². The second kappa shape index (κ2) is 4.13. The third-order valence-corrected chi connectivity index (χ3v) is 2.08. The number of nitrogens with zero attached hydrogens (tertiary/aromatic N) is 3. The summed E-state index contributed by atoms with van der Waals surface area (Å²) in [7, 11) is 0. The molecule has 2 heterocycles. The lowest BCUT2D eigenvalue weighted by molar-refractivity contribution is 0.502. The summed E-state index contributed by atoms with van der Waals surface area (Å²) >= 11 is 0. The van der Waals surface area contributed by atoms with Crippen molar-refractivity contribution in [2.45, 2.75) is 19.5 Å². The van der Waals surface area contributed by atoms with Crippen molar-refractivity contribution in [3.63, 3.8) is 0 Å². The summed E-state index contributed by atoms with van der Waals surface area (Å²) in [5.41, 5.74) is 0. The van der Waals surface area contributed by atoms with Gasteiger partial charge in [-0.15, -0.1) is 0 Å². The van der Waals surface area contributed by atoms with Crippen LogP contribution >= 0.6 is 0 Å². The van der Waals surface area contributed by atoms with Crippen molar-refractivity contribution >= 4 is 5.96 Å². The molecule has 14 heavy (non-hydrogen) atoms. The monoisotopic (exact) mass is 193 g/mol. The summed E-state index contributed by atoms with van der Waals surface area (Å²) in [6.45, 7) is 4.78. The number of nitrogens with one attached hydrogen (secondary N) is 2. The first-order valence-corrected chi connectivity index (χ1v) is 4.87. The lowest BCUT2D eigenvalue weighted by atomic mass is 10.3. The predicted octanol–water partition coefficient (Wildman–Crippen LogP) is -0.180. The lowest BCUT2D eigenvalue weighted by Gasteiger charge is -2.14. The summed E-state index contributed by atoms with van der Waals surface area (Å²) in [5.74, 6) is 0.907. The van der Waals surface area contributed by atoms with E-state index in [1.807, 2.05) is 16.9 Å². The van der Waals surface area contributed by atoms with E-state index in [1.54, 1.807) is 6.20 Å². The van der Waals surface area contributed by atoms with E-state index < -0.39 is 0 Å². The predicted molar refractivity (Wildman–Crippen MR) is 55.1 cm³/mol. The van der Waals surface area contributed by atoms with Crippen molar-refractivity contribution in [3.8, 4) is 0 Å². The molecule has 0 saturated heterocycles. The number of aromatic nitrogens is 2. The highest BCUT2D eigenvalue weighted by molar-refractivity contribution is 5.81. The molecule has 1 aliphatic heterocycles. The Labute approximate surface area is 83.2 Å². The first-order valence-electron chi connectivity index (χ1n) is 4.87. The highest BCUT2D eigenvalue weighted by Gasteiger charge is 2.08. The molecule has 0 radical (unpaired) electrons. The van der Waals surface area contributed by atoms with Crippen LogP contribution in [0.3, 0.4) is 0 Å². The molecule has 0 bridgehead atoms. The van der Waals surface area contributed by atoms with Gasteiger partial charge in [0, 0.05) is 25.0 Å². The van der Waals surface area contributed by atoms with Crippen LogP contribution in [0.1, 0.15) is 6.92 Å². The molecular weight excluding hydrogens is 178 g/mol. The summed E-state index contributed by atoms with van der Waals surface area (Å²) < 4.78 is 1.91. The Balaban J connectivity index is 1.81. The second-order valence-corrected chi connectivity index (χ2v) is 3.43. The van der Waals surface area contributed by atoms with Crippen molar-refractivity contribution in [2.75, 3.05) is 13.1 Å². The largest absolute Gasteiger partial charge is 0.355 e. The van der Waals surface area contributed by atoms with Gasteiger partial charge in [0.15, 0.2) is 5.96 Å². The maximum atomic E-state index is 4.27. The quantitative estimate of drug-likeness (QED) is 0.700. The normalized spacial score (nSPS) is 17.4. The van der Waals surface area contributed by atoms with E-state index in [-0.39, 0.29) is 0 Å². The van der Waals surface area contributed by atoms with Gasteiger partial charge in [-0.05, 0) is 13.0 Å². The molecule has 0 saturated carbocycles. The Bertz CT molecular complexity index is 303. The molecule has 0 fully saturated rings. The Morgan fingerprint density at radius 2 is 2.64 bits per heavy atom. The van der Waals surface area contributed by atoms with Crippen LogP contribution in [0.15, 0.2) is 23.5 Å². The van der Waals surface area contributed by atoms with Crippen molar-refractivity contribution < 1.29 is 0 Å². The molecule has 0 aromatic carbocycles. The van der Waals surface area contributed by atoms with Crippen LogP contribution in [0.5, 0.6) is 0 Å². The molecule has 76 valence electrons. The molecule has 5 nitrogen and oxygen atoms in total. The third-order valence-electron chi connectivity index (χ3n) is 2.08. The van der Waals surface area contributed by atoms with Crippen LogP contribution in [0.4, 0.5) is 0 Å². The van der Waals surface area contributed by atoms with Crippen LogP contribution in [0, 0.1) is 0 Å². The molecule has 1 aromatic rings. The summed E-state index contributed by atoms with van der Waals surface area (Å²) in [6.07, 6.45) is 3.75. The first-order chi connectivity index (χ1) is 6.84. The fourth-order valence-corrected chi connectivity index (χ4v) is 1.46. The maximum Gasteiger partial charge on any atom is 0.191 e. The highest BCUT2D eigenvalue weighted by Crippen LogP contribution is 1.91. The third kappa shape index (κ3) is 2.25. The second-order valence-electron chi connectivity index (χ2n) is 3.43. The molecule has 1 unspecified atom stereocenters. The van der Waals surface area contributed by atoms with Gasteiger partial charge in [0.25, 0.3) is 0 Å². The molecule has 2 N–H and O–H groups in total. The van der Waals surface area contributed by atoms with E-state index >= 15 is 0 Å². The van der Waals surface area contributed by atoms with Gasteiger partial charge in [-0.2, -0.15) is 5.10 Å². The zero-order valence-electron chi connectivity index (χ0n) is 8.27. The fourth-order valence-electron chi connectivity index (χ4n) is 1.46. The molecule has 0 aliphatic carbocycles. The molecule has 0 amide bonds. The number of rotatable bonds is 3. The van der Waals surface area contributed by atoms with E-state index in [0.29, 0.717) is 6.04 Å². The van der Waals surface area contributed by atoms with Crippen molar-refractivity contribution in [1.29, 1.82) is 0 Å². The SMILES string of the molecule is CC(Cn1cccn1)NC1=NCCN1. The van der Waals surface area contributed by atoms with E-state index in [1.165, 1.54) is 0 Å². The Morgan fingerprint density at radius 1 is 1.71 bits per heavy atom. The Hall–Kier alpha value is -1.52. The maximum absolute atomic E-state index is 4.27. The molecule has 0 spiro atoms. The average molecular weight is 193 g/mol. The van der Waals surface area contributed by atoms with Crippen LogP contribution in [0.2, 0.25) is 0 Å². The topological polar surface area (TPSA) is 54.2 Å². The van der Waals surface area contributed by atoms with Gasteiger partial charge in [0.2, 0.25) is 0 Å². The van der Waals surface area contributed by atoms with Crippen LogP contribution < -0.4 is 10.6 Å². The summed E-state index contributed by atoms with van der Waals surface area (Å²) in [4.78, 5) is 4.27. The summed E-state index contributed by atoms with van der Waals surface area (Å²) in [5, 5.41) is 10.6. The minimum absolute atomic E-state index is 0.333. The van der Waals surface area contributed by atoms with Crippen molar-refractivity contribution in [2.24, 2.45) is 4.99 Å². The molecule has 5 heteroatoms. The van der Waals surface area contributed by atoms with Crippen LogP contribution in [-0.2, 0) is 6.54 Å². The minimum atomic E-state index is 0.333. The van der Waals surface area contributed by atoms with Gasteiger partial charge in [-0.1, -0.05) is 0 Å². The molecule has 1 aromatic heterocycles. The van der Waals surface area contributed by atoms with Crippen molar-refractivity contribution in [3.05, 3.63) is 18.5 Å². The fraction of sp³-hybridized carbons (Fsp3) is 0.556. The van der Waals surface area contributed by atoms with Crippen molar-refractivity contribution in [1.82, 2.24) is 20.4 Å². The Morgan fingerprint density at radius 3 is 3.29 bits per heavy atom. The highest BCUT2D eigenvalue weighted by atomic mass is 15.3. The standard InChI is InChI=1S/C9H15N5/c1-8(7-14-6-2-3-12-14)13-9-10-4-5-11-9/h2-3,6,8H,4-5,7H2,1H3,(H2,10,11,13). The Kier molecular flexibility index (Phi) is 2.67. The van der Waals surface area contributed by atoms with E-state index in [4.69, 9.17) is 0 Å². The van der Waals surface area contributed by atoms with Gasteiger partial charge < -0.3 is 10.6 Å². The number of aliphatic imine (C=N–C) groups is 1. The van der Waals surface area contributed by atoms with E-state index in [0.717, 1.165) is 25.6 Å². The zero-order valence-corrected chi connectivity index (χ0v) is 8.27. The molecule has 1 aliphatic rings. The van der Waals surface area contributed by atoms with Gasteiger partial charge in [0.1, 0.15) is 0 Å².